The molecule has 0 radical (unpaired) electrons. The van der Waals surface area contributed by atoms with E-state index in [9.17, 15) is 18.3 Å². The Labute approximate surface area is 126 Å². The third kappa shape index (κ3) is 2.49. The Kier molecular flexibility index (Phi) is 3.78. The van der Waals surface area contributed by atoms with Gasteiger partial charge in [0.25, 0.3) is 10.2 Å². The zero-order valence-corrected chi connectivity index (χ0v) is 13.3. The summed E-state index contributed by atoms with van der Waals surface area (Å²) in [5, 5.41) is 9.57. The number of carboxylic acid groups (broad SMARTS) is 1. The molecule has 120 valence electrons. The first-order valence-corrected chi connectivity index (χ1v) is 9.28. The maximum atomic E-state index is 12.8. The van der Waals surface area contributed by atoms with Gasteiger partial charge in [-0.05, 0) is 37.5 Å². The maximum Gasteiger partial charge on any atom is 0.311 e. The highest BCUT2D eigenvalue weighted by Crippen LogP contribution is 2.49. The quantitative estimate of drug-likeness (QED) is 0.797. The molecule has 0 amide bonds. The molecule has 0 aromatic carbocycles. The van der Waals surface area contributed by atoms with Crippen LogP contribution < -0.4 is 0 Å². The van der Waals surface area contributed by atoms with Gasteiger partial charge >= 0.3 is 5.97 Å². The Hall–Kier alpha value is -0.660. The van der Waals surface area contributed by atoms with Crippen molar-refractivity contribution in [3.63, 3.8) is 0 Å². The Morgan fingerprint density at radius 1 is 1.38 bits per heavy atom. The highest BCUT2D eigenvalue weighted by atomic mass is 32.2. The average molecular weight is 316 g/mol. The zero-order valence-electron chi connectivity index (χ0n) is 12.5. The normalized spacial score (nSPS) is 33.5. The lowest BCUT2D eigenvalue weighted by molar-refractivity contribution is -0.149. The van der Waals surface area contributed by atoms with Gasteiger partial charge in [-0.2, -0.15) is 17.0 Å². The minimum atomic E-state index is -3.52. The highest BCUT2D eigenvalue weighted by molar-refractivity contribution is 7.86. The van der Waals surface area contributed by atoms with Gasteiger partial charge in [0.1, 0.15) is 0 Å². The molecule has 3 fully saturated rings. The van der Waals surface area contributed by atoms with E-state index in [0.29, 0.717) is 32.0 Å². The summed E-state index contributed by atoms with van der Waals surface area (Å²) in [7, 11) is -3.52. The summed E-state index contributed by atoms with van der Waals surface area (Å²) in [6.45, 7) is 3.41. The van der Waals surface area contributed by atoms with Crippen molar-refractivity contribution >= 4 is 16.2 Å². The molecule has 1 N–H and O–H groups in total. The fourth-order valence-electron chi connectivity index (χ4n) is 3.91. The van der Waals surface area contributed by atoms with E-state index in [1.54, 1.807) is 0 Å². The average Bonchev–Trinajstić information content (AvgIpc) is 3.00. The molecule has 21 heavy (non-hydrogen) atoms. The lowest BCUT2D eigenvalue weighted by atomic mass is 9.81. The highest BCUT2D eigenvalue weighted by Gasteiger charge is 2.57. The minimum absolute atomic E-state index is 0.0237. The van der Waals surface area contributed by atoms with Crippen LogP contribution in [0.3, 0.4) is 0 Å². The molecule has 0 unspecified atom stereocenters. The van der Waals surface area contributed by atoms with Gasteiger partial charge in [-0.15, -0.1) is 0 Å². The first-order valence-electron chi connectivity index (χ1n) is 7.89. The Morgan fingerprint density at radius 2 is 2.10 bits per heavy atom. The Bertz CT molecular complexity index is 531. The van der Waals surface area contributed by atoms with Gasteiger partial charge in [0.15, 0.2) is 0 Å². The van der Waals surface area contributed by atoms with Crippen LogP contribution >= 0.6 is 0 Å². The fourth-order valence-corrected chi connectivity index (χ4v) is 5.72. The second-order valence-electron chi connectivity index (χ2n) is 6.74. The van der Waals surface area contributed by atoms with Crippen molar-refractivity contribution in [1.29, 1.82) is 0 Å². The first kappa shape index (κ1) is 15.2. The smallest absolute Gasteiger partial charge is 0.311 e. The van der Waals surface area contributed by atoms with Gasteiger partial charge < -0.3 is 5.11 Å². The third-order valence-electron chi connectivity index (χ3n) is 5.43. The van der Waals surface area contributed by atoms with Gasteiger partial charge in [-0.25, -0.2) is 0 Å². The molecule has 1 saturated heterocycles. The second kappa shape index (κ2) is 5.21. The molecule has 6 nitrogen and oxygen atoms in total. The van der Waals surface area contributed by atoms with Crippen LogP contribution in [0.1, 0.15) is 39.0 Å². The van der Waals surface area contributed by atoms with Crippen molar-refractivity contribution in [3.05, 3.63) is 0 Å². The van der Waals surface area contributed by atoms with E-state index in [1.807, 2.05) is 6.92 Å². The molecule has 0 spiro atoms. The van der Waals surface area contributed by atoms with Crippen LogP contribution in [0.15, 0.2) is 0 Å². The molecule has 2 aliphatic carbocycles. The number of nitrogens with zero attached hydrogens (tertiary/aromatic N) is 2. The van der Waals surface area contributed by atoms with Crippen LogP contribution in [0.5, 0.6) is 0 Å². The summed E-state index contributed by atoms with van der Waals surface area (Å²) < 4.78 is 28.5. The van der Waals surface area contributed by atoms with Crippen molar-refractivity contribution in [3.8, 4) is 0 Å². The lowest BCUT2D eigenvalue weighted by Crippen LogP contribution is -2.45. The Balaban J connectivity index is 1.79. The second-order valence-corrected chi connectivity index (χ2v) is 8.67. The summed E-state index contributed by atoms with van der Waals surface area (Å²) in [4.78, 5) is 11.7. The topological polar surface area (TPSA) is 77.9 Å². The lowest BCUT2D eigenvalue weighted by Gasteiger charge is -2.28. The minimum Gasteiger partial charge on any atom is -0.481 e. The van der Waals surface area contributed by atoms with E-state index in [1.165, 1.54) is 8.61 Å². The molecule has 0 aromatic heterocycles. The van der Waals surface area contributed by atoms with Crippen LogP contribution in [0.2, 0.25) is 0 Å². The van der Waals surface area contributed by atoms with Crippen LogP contribution in [0, 0.1) is 17.3 Å². The van der Waals surface area contributed by atoms with Crippen LogP contribution in [-0.4, -0.2) is 54.3 Å². The molecule has 1 aliphatic heterocycles. The number of aliphatic carboxylic acids is 1. The molecular weight excluding hydrogens is 292 g/mol. The van der Waals surface area contributed by atoms with Crippen LogP contribution in [0.25, 0.3) is 0 Å². The number of carbonyl (C=O) groups is 1. The predicted octanol–water partition coefficient (Wildman–Crippen LogP) is 1.15. The molecule has 2 saturated carbocycles. The summed E-state index contributed by atoms with van der Waals surface area (Å²) in [5.74, 6) is -0.354. The van der Waals surface area contributed by atoms with E-state index in [0.717, 1.165) is 25.7 Å². The summed E-state index contributed by atoms with van der Waals surface area (Å²) >= 11 is 0. The first-order chi connectivity index (χ1) is 9.90. The number of fused-ring (bicyclic) bond motifs is 1. The van der Waals surface area contributed by atoms with Crippen molar-refractivity contribution < 1.29 is 18.3 Å². The molecule has 0 bridgehead atoms. The molecule has 2 atom stereocenters. The molecule has 0 aromatic rings. The molecule has 3 rings (SSSR count). The maximum absolute atomic E-state index is 12.8. The summed E-state index contributed by atoms with van der Waals surface area (Å²) in [5.41, 5.74) is -0.841. The number of hydrogen-bond donors (Lipinski definition) is 1. The van der Waals surface area contributed by atoms with Gasteiger partial charge in [0, 0.05) is 26.2 Å². The fraction of sp³-hybridized carbons (Fsp3) is 0.929. The SMILES string of the molecule is CCN(CC1CC1)S(=O)(=O)N1C[C@@H]2CCC[C@@]2(C(=O)O)C1. The van der Waals surface area contributed by atoms with Crippen molar-refractivity contribution in [2.45, 2.75) is 39.0 Å². The van der Waals surface area contributed by atoms with Gasteiger partial charge in [-0.3, -0.25) is 4.79 Å². The van der Waals surface area contributed by atoms with Crippen LogP contribution in [-0.2, 0) is 15.0 Å². The van der Waals surface area contributed by atoms with E-state index in [2.05, 4.69) is 0 Å². The van der Waals surface area contributed by atoms with Crippen LogP contribution in [0.4, 0.5) is 0 Å². The van der Waals surface area contributed by atoms with Gasteiger partial charge in [-0.1, -0.05) is 13.3 Å². The molecule has 7 heteroatoms. The summed E-state index contributed by atoms with van der Waals surface area (Å²) in [6, 6.07) is 0. The van der Waals surface area contributed by atoms with E-state index in [4.69, 9.17) is 0 Å². The third-order valence-corrected chi connectivity index (χ3v) is 7.42. The number of rotatable bonds is 6. The molecule has 1 heterocycles. The zero-order chi connectivity index (χ0) is 15.3. The number of carboxylic acids is 1. The monoisotopic (exact) mass is 316 g/mol. The van der Waals surface area contributed by atoms with Crippen molar-refractivity contribution in [2.75, 3.05) is 26.2 Å². The van der Waals surface area contributed by atoms with Crippen molar-refractivity contribution in [2.24, 2.45) is 17.3 Å². The molecular formula is C14H24N2O4S. The standard InChI is InChI=1S/C14H24N2O4S/c1-2-15(8-11-5-6-11)21(19,20)16-9-12-4-3-7-14(12,10-16)13(17)18/h11-12H,2-10H2,1H3,(H,17,18)/t12-,14+/m0/s1. The van der Waals surface area contributed by atoms with E-state index < -0.39 is 21.6 Å². The Morgan fingerprint density at radius 3 is 2.62 bits per heavy atom. The largest absolute Gasteiger partial charge is 0.481 e. The van der Waals surface area contributed by atoms with Gasteiger partial charge in [0.05, 0.1) is 5.41 Å². The summed E-state index contributed by atoms with van der Waals surface area (Å²) in [6.07, 6.45) is 4.53. The number of hydrogen-bond acceptors (Lipinski definition) is 3. The van der Waals surface area contributed by atoms with Crippen molar-refractivity contribution in [1.82, 2.24) is 8.61 Å². The van der Waals surface area contributed by atoms with E-state index in [-0.39, 0.29) is 12.5 Å². The molecule has 3 aliphatic rings. The predicted molar refractivity (Wildman–Crippen MR) is 77.9 cm³/mol. The van der Waals surface area contributed by atoms with E-state index >= 15 is 0 Å². The van der Waals surface area contributed by atoms with Gasteiger partial charge in [0.2, 0.25) is 0 Å².